The van der Waals surface area contributed by atoms with Gasteiger partial charge in [0.2, 0.25) is 0 Å². The molecule has 0 spiro atoms. The Morgan fingerprint density at radius 3 is 1.47 bits per heavy atom. The summed E-state index contributed by atoms with van der Waals surface area (Å²) < 4.78 is 11.3. The van der Waals surface area contributed by atoms with E-state index in [0.717, 1.165) is 22.2 Å². The van der Waals surface area contributed by atoms with Crippen molar-refractivity contribution in [1.82, 2.24) is 0 Å². The molecule has 0 aliphatic carbocycles. The van der Waals surface area contributed by atoms with Gasteiger partial charge in [0, 0.05) is 0 Å². The van der Waals surface area contributed by atoms with Crippen molar-refractivity contribution in [3.05, 3.63) is 0 Å². The Hall–Kier alpha value is 0.350. The Morgan fingerprint density at radius 1 is 0.737 bits per heavy atom. The van der Waals surface area contributed by atoms with Gasteiger partial charge in [-0.1, -0.05) is 66.2 Å². The molecule has 2 atom stereocenters. The summed E-state index contributed by atoms with van der Waals surface area (Å²) >= 11 is 0. The topological polar surface area (TPSA) is 18.5 Å². The van der Waals surface area contributed by atoms with E-state index in [-0.39, 0.29) is 0 Å². The Bertz CT molecular complexity index is 158. The largest absolute Gasteiger partial charge is 0.327 e. The highest BCUT2D eigenvalue weighted by molar-refractivity contribution is 7.26. The molecule has 0 aromatic carbocycles. The minimum Gasteiger partial charge on any atom is -0.327 e. The van der Waals surface area contributed by atoms with Crippen LogP contribution >= 0.6 is 9.03 Å². The molecule has 0 N–H and O–H groups in total. The molecule has 0 bridgehead atoms. The zero-order valence-electron chi connectivity index (χ0n) is 13.5. The number of hydrogen-bond donors (Lipinski definition) is 0. The second-order valence-corrected chi connectivity index (χ2v) is 6.16. The van der Waals surface area contributed by atoms with Crippen LogP contribution in [0.2, 0.25) is 0 Å². The van der Waals surface area contributed by atoms with Gasteiger partial charge in [-0.2, -0.15) is 0 Å². The van der Waals surface area contributed by atoms with Gasteiger partial charge in [-0.05, 0) is 24.7 Å². The first-order chi connectivity index (χ1) is 9.28. The summed E-state index contributed by atoms with van der Waals surface area (Å²) in [7, 11) is 0.721. The highest BCUT2D eigenvalue weighted by Crippen LogP contribution is 2.22. The van der Waals surface area contributed by atoms with Crippen LogP contribution in [0.3, 0.4) is 0 Å². The Morgan fingerprint density at radius 2 is 1.16 bits per heavy atom. The van der Waals surface area contributed by atoms with Crippen molar-refractivity contribution < 1.29 is 9.05 Å². The van der Waals surface area contributed by atoms with Gasteiger partial charge in [0.1, 0.15) is 0 Å². The van der Waals surface area contributed by atoms with E-state index in [1.54, 1.807) is 0 Å². The molecule has 0 aromatic heterocycles. The van der Waals surface area contributed by atoms with Gasteiger partial charge >= 0.3 is 0 Å². The molecule has 0 amide bonds. The predicted octanol–water partition coefficient (Wildman–Crippen LogP) is 6.23. The fraction of sp³-hybridized carbons (Fsp3) is 1.00. The van der Waals surface area contributed by atoms with Crippen molar-refractivity contribution in [3.8, 4) is 0 Å². The van der Waals surface area contributed by atoms with Gasteiger partial charge < -0.3 is 9.05 Å². The van der Waals surface area contributed by atoms with Crippen molar-refractivity contribution in [2.24, 2.45) is 11.8 Å². The third-order valence-electron chi connectivity index (χ3n) is 3.81. The molecular weight excluding hydrogens is 255 g/mol. The molecule has 19 heavy (non-hydrogen) atoms. The molecule has 0 heterocycles. The summed E-state index contributed by atoms with van der Waals surface area (Å²) in [5, 5.41) is 0. The summed E-state index contributed by atoms with van der Waals surface area (Å²) in [5.41, 5.74) is 0. The van der Waals surface area contributed by atoms with Crippen LogP contribution in [0.4, 0.5) is 0 Å². The van der Waals surface area contributed by atoms with Gasteiger partial charge in [-0.15, -0.1) is 0 Å². The molecule has 0 saturated carbocycles. The molecule has 0 aliphatic heterocycles. The van der Waals surface area contributed by atoms with E-state index < -0.39 is 0 Å². The quantitative estimate of drug-likeness (QED) is 0.279. The first kappa shape index (κ1) is 19.4. The molecule has 1 radical (unpaired) electrons. The lowest BCUT2D eigenvalue weighted by Crippen LogP contribution is -2.08. The highest BCUT2D eigenvalue weighted by Gasteiger charge is 2.08. The van der Waals surface area contributed by atoms with Crippen molar-refractivity contribution in [1.29, 1.82) is 0 Å². The fourth-order valence-corrected chi connectivity index (χ4v) is 2.72. The van der Waals surface area contributed by atoms with Crippen LogP contribution in [0, 0.1) is 11.8 Å². The summed E-state index contributed by atoms with van der Waals surface area (Å²) in [4.78, 5) is 0. The Kier molecular flexibility index (Phi) is 15.0. The van der Waals surface area contributed by atoms with E-state index in [2.05, 4.69) is 27.7 Å². The molecule has 115 valence electrons. The standard InChI is InChI=1S/C16H34O2P/c1-5-9-11-15(7-3)13-17-19-18-14-16(8-4)12-10-6-2/h15-16H,5-14H2,1-4H3. The zero-order chi connectivity index (χ0) is 14.3. The summed E-state index contributed by atoms with van der Waals surface area (Å²) in [6.45, 7) is 10.7. The molecular formula is C16H34O2P. The maximum absolute atomic E-state index is 5.63. The molecule has 3 heteroatoms. The van der Waals surface area contributed by atoms with Crippen LogP contribution in [0.1, 0.15) is 79.1 Å². The van der Waals surface area contributed by atoms with Crippen molar-refractivity contribution in [3.63, 3.8) is 0 Å². The monoisotopic (exact) mass is 289 g/mol. The van der Waals surface area contributed by atoms with Crippen LogP contribution in [0.5, 0.6) is 0 Å². The Balaban J connectivity index is 3.50. The van der Waals surface area contributed by atoms with Crippen LogP contribution in [-0.2, 0) is 9.05 Å². The van der Waals surface area contributed by atoms with E-state index in [1.807, 2.05) is 0 Å². The lowest BCUT2D eigenvalue weighted by Gasteiger charge is -2.15. The van der Waals surface area contributed by atoms with Gasteiger partial charge in [-0.3, -0.25) is 0 Å². The fourth-order valence-electron chi connectivity index (χ4n) is 2.11. The molecule has 2 unspecified atom stereocenters. The molecule has 0 aliphatic rings. The van der Waals surface area contributed by atoms with Crippen LogP contribution in [0.15, 0.2) is 0 Å². The third kappa shape index (κ3) is 11.8. The van der Waals surface area contributed by atoms with Gasteiger partial charge in [0.25, 0.3) is 9.03 Å². The van der Waals surface area contributed by atoms with Gasteiger partial charge in [0.15, 0.2) is 0 Å². The van der Waals surface area contributed by atoms with Crippen molar-refractivity contribution in [2.45, 2.75) is 79.1 Å². The SMILES string of the molecule is CCCCC(CC)CO[P]OCC(CC)CCCC. The number of rotatable bonds is 14. The van der Waals surface area contributed by atoms with Crippen LogP contribution in [0.25, 0.3) is 0 Å². The highest BCUT2D eigenvalue weighted by atomic mass is 31.1. The Labute approximate surface area is 123 Å². The molecule has 0 fully saturated rings. The normalized spacial score (nSPS) is 15.2. The lowest BCUT2D eigenvalue weighted by atomic mass is 10.0. The average molecular weight is 289 g/mol. The molecule has 0 rings (SSSR count). The third-order valence-corrected chi connectivity index (χ3v) is 4.32. The second kappa shape index (κ2) is 14.8. The first-order valence-electron chi connectivity index (χ1n) is 8.22. The first-order valence-corrected chi connectivity index (χ1v) is 8.95. The molecule has 0 aromatic rings. The molecule has 0 saturated heterocycles. The van der Waals surface area contributed by atoms with Crippen molar-refractivity contribution >= 4 is 9.03 Å². The maximum atomic E-state index is 5.63. The number of hydrogen-bond acceptors (Lipinski definition) is 2. The maximum Gasteiger partial charge on any atom is 0.256 e. The van der Waals surface area contributed by atoms with E-state index in [4.69, 9.17) is 9.05 Å². The summed E-state index contributed by atoms with van der Waals surface area (Å²) in [5.74, 6) is 1.41. The van der Waals surface area contributed by atoms with Crippen molar-refractivity contribution in [2.75, 3.05) is 13.2 Å². The zero-order valence-corrected chi connectivity index (χ0v) is 14.4. The van der Waals surface area contributed by atoms with E-state index >= 15 is 0 Å². The van der Waals surface area contributed by atoms with Gasteiger partial charge in [0.05, 0.1) is 13.2 Å². The minimum absolute atomic E-state index is 0.707. The van der Waals surface area contributed by atoms with E-state index in [0.29, 0.717) is 11.8 Å². The predicted molar refractivity (Wildman–Crippen MR) is 85.4 cm³/mol. The summed E-state index contributed by atoms with van der Waals surface area (Å²) in [6, 6.07) is 0. The van der Waals surface area contributed by atoms with Gasteiger partial charge in [-0.25, -0.2) is 0 Å². The smallest absolute Gasteiger partial charge is 0.256 e. The van der Waals surface area contributed by atoms with Crippen LogP contribution < -0.4 is 0 Å². The second-order valence-electron chi connectivity index (χ2n) is 5.50. The van der Waals surface area contributed by atoms with Crippen LogP contribution in [-0.4, -0.2) is 13.2 Å². The molecule has 2 nitrogen and oxygen atoms in total. The summed E-state index contributed by atoms with van der Waals surface area (Å²) in [6.07, 6.45) is 10.2. The van der Waals surface area contributed by atoms with E-state index in [9.17, 15) is 0 Å². The number of unbranched alkanes of at least 4 members (excludes halogenated alkanes) is 2. The van der Waals surface area contributed by atoms with E-state index in [1.165, 1.54) is 51.4 Å². The average Bonchev–Trinajstić information content (AvgIpc) is 2.45. The lowest BCUT2D eigenvalue weighted by molar-refractivity contribution is 0.193. The minimum atomic E-state index is 0.707.